The third-order valence-electron chi connectivity index (χ3n) is 2.23. The van der Waals surface area contributed by atoms with Gasteiger partial charge in [0.15, 0.2) is 0 Å². The number of rotatable bonds is 4. The minimum Gasteiger partial charge on any atom is -0.318 e. The van der Waals surface area contributed by atoms with Crippen LogP contribution in [0, 0.1) is 5.92 Å². The topological polar surface area (TPSA) is 41.6 Å². The molecule has 0 amide bonds. The highest BCUT2D eigenvalue weighted by atomic mass is 15.4. The molecule has 2 N–H and O–H groups in total. The third kappa shape index (κ3) is 3.34. The molecule has 0 saturated carbocycles. The van der Waals surface area contributed by atoms with E-state index in [9.17, 15) is 0 Å². The molecule has 0 atom stereocenters. The summed E-state index contributed by atoms with van der Waals surface area (Å²) >= 11 is 0. The van der Waals surface area contributed by atoms with Crippen LogP contribution in [0.4, 0.5) is 0 Å². The number of hydrogen-bond acceptors (Lipinski definition) is 3. The molecule has 0 aromatic carbocycles. The number of allylic oxidation sites excluding steroid dienone is 2. The van der Waals surface area contributed by atoms with E-state index < -0.39 is 0 Å². The van der Waals surface area contributed by atoms with Gasteiger partial charge in [0.2, 0.25) is 0 Å². The van der Waals surface area contributed by atoms with Crippen LogP contribution in [0.1, 0.15) is 27.7 Å². The Morgan fingerprint density at radius 1 is 1.43 bits per heavy atom. The standard InChI is InChI=1S/C11H21N3/c1-7-13-11(8(2)3)9(4)10(5)14(6)12/h7-8H,1,12H2,2-6H3/b10-9+,13-11?. The average molecular weight is 195 g/mol. The fourth-order valence-electron chi connectivity index (χ4n) is 1.23. The van der Waals surface area contributed by atoms with Crippen molar-refractivity contribution in [1.29, 1.82) is 0 Å². The fourth-order valence-corrected chi connectivity index (χ4v) is 1.23. The van der Waals surface area contributed by atoms with Gasteiger partial charge in [-0.15, -0.1) is 0 Å². The Morgan fingerprint density at radius 3 is 2.21 bits per heavy atom. The van der Waals surface area contributed by atoms with Crippen LogP contribution in [0.25, 0.3) is 0 Å². The minimum absolute atomic E-state index is 0.378. The van der Waals surface area contributed by atoms with Crippen LogP contribution in [0.2, 0.25) is 0 Å². The van der Waals surface area contributed by atoms with Gasteiger partial charge in [-0.05, 0) is 25.3 Å². The second kappa shape index (κ2) is 5.60. The van der Waals surface area contributed by atoms with Gasteiger partial charge in [0.25, 0.3) is 0 Å². The molecule has 3 nitrogen and oxygen atoms in total. The Morgan fingerprint density at radius 2 is 1.93 bits per heavy atom. The first kappa shape index (κ1) is 12.9. The maximum atomic E-state index is 5.67. The first-order chi connectivity index (χ1) is 6.41. The number of nitrogens with two attached hydrogens (primary N) is 1. The van der Waals surface area contributed by atoms with Crippen LogP contribution in [-0.4, -0.2) is 17.8 Å². The van der Waals surface area contributed by atoms with Crippen LogP contribution in [0.3, 0.4) is 0 Å². The van der Waals surface area contributed by atoms with Crippen molar-refractivity contribution in [2.75, 3.05) is 7.05 Å². The summed E-state index contributed by atoms with van der Waals surface area (Å²) in [5, 5.41) is 1.61. The van der Waals surface area contributed by atoms with Crippen LogP contribution >= 0.6 is 0 Å². The Kier molecular flexibility index (Phi) is 5.16. The van der Waals surface area contributed by atoms with E-state index in [0.717, 1.165) is 17.0 Å². The third-order valence-corrected chi connectivity index (χ3v) is 2.23. The van der Waals surface area contributed by atoms with Crippen molar-refractivity contribution in [3.63, 3.8) is 0 Å². The van der Waals surface area contributed by atoms with Crippen molar-refractivity contribution in [3.8, 4) is 0 Å². The smallest absolute Gasteiger partial charge is 0.0475 e. The molecule has 0 spiro atoms. The lowest BCUT2D eigenvalue weighted by Gasteiger charge is -2.18. The van der Waals surface area contributed by atoms with Gasteiger partial charge in [-0.1, -0.05) is 20.4 Å². The van der Waals surface area contributed by atoms with Gasteiger partial charge < -0.3 is 5.01 Å². The summed E-state index contributed by atoms with van der Waals surface area (Å²) in [7, 11) is 1.82. The molecule has 0 radical (unpaired) electrons. The molecule has 0 fully saturated rings. The molecular formula is C11H21N3. The highest BCUT2D eigenvalue weighted by Crippen LogP contribution is 2.13. The van der Waals surface area contributed by atoms with Crippen molar-refractivity contribution in [2.45, 2.75) is 27.7 Å². The SMILES string of the molecule is C=CN=C(/C(C)=C(\C)N(C)N)C(C)C. The molecule has 14 heavy (non-hydrogen) atoms. The van der Waals surface area contributed by atoms with Gasteiger partial charge >= 0.3 is 0 Å². The lowest BCUT2D eigenvalue weighted by Crippen LogP contribution is -2.26. The molecule has 0 saturated heterocycles. The first-order valence-corrected chi connectivity index (χ1v) is 4.76. The van der Waals surface area contributed by atoms with Crippen LogP contribution in [0.5, 0.6) is 0 Å². The van der Waals surface area contributed by atoms with E-state index in [-0.39, 0.29) is 0 Å². The molecule has 0 aromatic heterocycles. The predicted octanol–water partition coefficient (Wildman–Crippen LogP) is 2.33. The van der Waals surface area contributed by atoms with Crippen LogP contribution < -0.4 is 5.84 Å². The lowest BCUT2D eigenvalue weighted by molar-refractivity contribution is 0.438. The zero-order valence-corrected chi connectivity index (χ0v) is 9.83. The van der Waals surface area contributed by atoms with E-state index in [1.165, 1.54) is 0 Å². The molecule has 0 bridgehead atoms. The van der Waals surface area contributed by atoms with Gasteiger partial charge in [-0.3, -0.25) is 4.99 Å². The Hall–Kier alpha value is -1.09. The molecule has 0 heterocycles. The minimum atomic E-state index is 0.378. The van der Waals surface area contributed by atoms with Gasteiger partial charge in [-0.2, -0.15) is 0 Å². The molecular weight excluding hydrogens is 174 g/mol. The second-order valence-corrected chi connectivity index (χ2v) is 3.67. The Bertz CT molecular complexity index is 260. The van der Waals surface area contributed by atoms with E-state index in [1.54, 1.807) is 11.2 Å². The van der Waals surface area contributed by atoms with Gasteiger partial charge in [0, 0.05) is 24.7 Å². The number of hydrogen-bond donors (Lipinski definition) is 1. The molecule has 0 aliphatic carbocycles. The summed E-state index contributed by atoms with van der Waals surface area (Å²) in [6, 6.07) is 0. The van der Waals surface area contributed by atoms with Crippen molar-refractivity contribution in [1.82, 2.24) is 5.01 Å². The quantitative estimate of drug-likeness (QED) is 0.425. The second-order valence-electron chi connectivity index (χ2n) is 3.67. The fraction of sp³-hybridized carbons (Fsp3) is 0.545. The molecule has 0 aromatic rings. The van der Waals surface area contributed by atoms with Crippen molar-refractivity contribution in [2.24, 2.45) is 16.8 Å². The van der Waals surface area contributed by atoms with E-state index in [1.807, 2.05) is 20.9 Å². The summed E-state index contributed by atoms with van der Waals surface area (Å²) in [5.74, 6) is 6.04. The molecule has 0 rings (SSSR count). The van der Waals surface area contributed by atoms with E-state index >= 15 is 0 Å². The lowest BCUT2D eigenvalue weighted by atomic mass is 9.99. The zero-order valence-electron chi connectivity index (χ0n) is 9.83. The summed E-state index contributed by atoms with van der Waals surface area (Å²) in [5.41, 5.74) is 3.18. The zero-order chi connectivity index (χ0) is 11.3. The Balaban J connectivity index is 5.14. The van der Waals surface area contributed by atoms with Crippen LogP contribution in [-0.2, 0) is 0 Å². The highest BCUT2D eigenvalue weighted by molar-refractivity contribution is 6.01. The van der Waals surface area contributed by atoms with Gasteiger partial charge in [-0.25, -0.2) is 5.84 Å². The normalized spacial score (nSPS) is 14.1. The maximum absolute atomic E-state index is 5.67. The molecule has 3 heteroatoms. The molecule has 0 aliphatic rings. The van der Waals surface area contributed by atoms with Gasteiger partial charge in [0.1, 0.15) is 0 Å². The average Bonchev–Trinajstić information content (AvgIpc) is 2.11. The van der Waals surface area contributed by atoms with Crippen molar-refractivity contribution >= 4 is 5.71 Å². The summed E-state index contributed by atoms with van der Waals surface area (Å²) in [4.78, 5) is 4.27. The number of hydrazine groups is 1. The first-order valence-electron chi connectivity index (χ1n) is 4.76. The van der Waals surface area contributed by atoms with Crippen LogP contribution in [0.15, 0.2) is 29.0 Å². The van der Waals surface area contributed by atoms with Gasteiger partial charge in [0.05, 0.1) is 0 Å². The number of aliphatic imine (C=N–C) groups is 1. The van der Waals surface area contributed by atoms with Crippen molar-refractivity contribution < 1.29 is 0 Å². The molecule has 0 unspecified atom stereocenters. The number of nitrogens with zero attached hydrogens (tertiary/aromatic N) is 2. The van der Waals surface area contributed by atoms with E-state index in [2.05, 4.69) is 25.4 Å². The summed E-state index contributed by atoms with van der Waals surface area (Å²) in [6.45, 7) is 11.8. The largest absolute Gasteiger partial charge is 0.318 e. The Labute approximate surface area is 87.0 Å². The predicted molar refractivity (Wildman–Crippen MR) is 62.8 cm³/mol. The summed E-state index contributed by atoms with van der Waals surface area (Å²) < 4.78 is 0. The highest BCUT2D eigenvalue weighted by Gasteiger charge is 2.10. The van der Waals surface area contributed by atoms with E-state index in [0.29, 0.717) is 5.92 Å². The van der Waals surface area contributed by atoms with E-state index in [4.69, 9.17) is 5.84 Å². The maximum Gasteiger partial charge on any atom is 0.0475 e. The van der Waals surface area contributed by atoms with Crippen molar-refractivity contribution in [3.05, 3.63) is 24.0 Å². The molecule has 0 aliphatic heterocycles. The molecule has 80 valence electrons. The monoisotopic (exact) mass is 195 g/mol. The summed E-state index contributed by atoms with van der Waals surface area (Å²) in [6.07, 6.45) is 1.57.